The van der Waals surface area contributed by atoms with Crippen LogP contribution in [-0.2, 0) is 10.1 Å². The van der Waals surface area contributed by atoms with Gasteiger partial charge in [-0.05, 0) is 31.0 Å². The van der Waals surface area contributed by atoms with Crippen molar-refractivity contribution in [2.45, 2.75) is 18.7 Å². The van der Waals surface area contributed by atoms with Crippen molar-refractivity contribution in [1.29, 1.82) is 0 Å². The third-order valence-electron chi connectivity index (χ3n) is 1.61. The van der Waals surface area contributed by atoms with Crippen molar-refractivity contribution in [3.63, 3.8) is 0 Å². The van der Waals surface area contributed by atoms with Crippen molar-refractivity contribution >= 4 is 10.1 Å². The molecular formula is C8H9NaO3S. The van der Waals surface area contributed by atoms with Gasteiger partial charge >= 0.3 is 29.6 Å². The fraction of sp³-hybridized carbons (Fsp3) is 0.250. The third kappa shape index (κ3) is 3.40. The molecule has 0 atom stereocenters. The van der Waals surface area contributed by atoms with E-state index in [4.69, 9.17) is 0 Å². The standard InChI is InChI=1S/C8H10O3S.Na/c1-6-3-4-7(2)8(5-6)12(9,10)11;/h3-5H,1-2H3,(H,9,10,11);/q;+1/p-1. The van der Waals surface area contributed by atoms with Crippen molar-refractivity contribution in [2.75, 3.05) is 0 Å². The molecule has 0 aromatic heterocycles. The van der Waals surface area contributed by atoms with E-state index >= 15 is 0 Å². The molecule has 13 heavy (non-hydrogen) atoms. The van der Waals surface area contributed by atoms with Crippen LogP contribution in [0.2, 0.25) is 0 Å². The summed E-state index contributed by atoms with van der Waals surface area (Å²) in [7, 11) is -4.31. The maximum Gasteiger partial charge on any atom is 1.00 e. The van der Waals surface area contributed by atoms with Crippen molar-refractivity contribution in [3.05, 3.63) is 29.3 Å². The molecule has 1 aromatic rings. The van der Waals surface area contributed by atoms with Crippen molar-refractivity contribution in [1.82, 2.24) is 0 Å². The van der Waals surface area contributed by atoms with E-state index in [9.17, 15) is 13.0 Å². The minimum Gasteiger partial charge on any atom is -0.744 e. The summed E-state index contributed by atoms with van der Waals surface area (Å²) in [5, 5.41) is 0. The zero-order valence-corrected chi connectivity index (χ0v) is 10.7. The average Bonchev–Trinajstić information content (AvgIpc) is 1.92. The molecule has 66 valence electrons. The van der Waals surface area contributed by atoms with Crippen LogP contribution in [-0.4, -0.2) is 13.0 Å². The van der Waals surface area contributed by atoms with Gasteiger partial charge < -0.3 is 4.55 Å². The molecule has 1 rings (SSSR count). The Kier molecular flexibility index (Phi) is 4.62. The van der Waals surface area contributed by atoms with E-state index < -0.39 is 10.1 Å². The summed E-state index contributed by atoms with van der Waals surface area (Å²) in [4.78, 5) is -0.123. The van der Waals surface area contributed by atoms with Gasteiger partial charge in [0, 0.05) is 0 Å². The van der Waals surface area contributed by atoms with Gasteiger partial charge in [0.15, 0.2) is 0 Å². The van der Waals surface area contributed by atoms with Gasteiger partial charge in [0.05, 0.1) is 4.90 Å². The molecule has 0 saturated carbocycles. The molecule has 5 heteroatoms. The average molecular weight is 208 g/mol. The summed E-state index contributed by atoms with van der Waals surface area (Å²) in [6, 6.07) is 4.78. The second kappa shape index (κ2) is 4.57. The zero-order valence-electron chi connectivity index (χ0n) is 7.87. The van der Waals surface area contributed by atoms with Crippen LogP contribution in [0.1, 0.15) is 11.1 Å². The molecule has 0 spiro atoms. The van der Waals surface area contributed by atoms with Gasteiger partial charge in [-0.3, -0.25) is 0 Å². The molecule has 3 nitrogen and oxygen atoms in total. The van der Waals surface area contributed by atoms with E-state index in [-0.39, 0.29) is 34.5 Å². The van der Waals surface area contributed by atoms with Gasteiger partial charge in [-0.15, -0.1) is 0 Å². The molecule has 0 radical (unpaired) electrons. The predicted octanol–water partition coefficient (Wildman–Crippen LogP) is -1.79. The third-order valence-corrected chi connectivity index (χ3v) is 2.59. The van der Waals surface area contributed by atoms with Crippen LogP contribution in [0.5, 0.6) is 0 Å². The molecule has 0 N–H and O–H groups in total. The van der Waals surface area contributed by atoms with E-state index in [1.165, 1.54) is 6.07 Å². The molecule has 0 aliphatic heterocycles. The number of rotatable bonds is 1. The summed E-state index contributed by atoms with van der Waals surface area (Å²) in [5.74, 6) is 0. The summed E-state index contributed by atoms with van der Waals surface area (Å²) in [6.07, 6.45) is 0. The Hall–Kier alpha value is 0.130. The van der Waals surface area contributed by atoms with E-state index in [0.717, 1.165) is 5.56 Å². The summed E-state index contributed by atoms with van der Waals surface area (Å²) >= 11 is 0. The molecule has 0 unspecified atom stereocenters. The number of benzene rings is 1. The molecule has 0 fully saturated rings. The van der Waals surface area contributed by atoms with Gasteiger partial charge in [0.1, 0.15) is 10.1 Å². The maximum atomic E-state index is 10.7. The van der Waals surface area contributed by atoms with Crippen LogP contribution in [0.4, 0.5) is 0 Å². The Bertz CT molecular complexity index is 398. The summed E-state index contributed by atoms with van der Waals surface area (Å²) < 4.78 is 32.0. The first kappa shape index (κ1) is 13.1. The Labute approximate surface area is 100 Å². The quantitative estimate of drug-likeness (QED) is 0.404. The van der Waals surface area contributed by atoms with Gasteiger partial charge in [0.2, 0.25) is 0 Å². The first-order valence-corrected chi connectivity index (χ1v) is 4.85. The first-order chi connectivity index (χ1) is 5.41. The van der Waals surface area contributed by atoms with E-state index in [1.54, 1.807) is 26.0 Å². The Balaban J connectivity index is 0.00000144. The molecule has 0 bridgehead atoms. The van der Waals surface area contributed by atoms with Crippen molar-refractivity contribution < 1.29 is 42.5 Å². The van der Waals surface area contributed by atoms with Gasteiger partial charge in [0.25, 0.3) is 0 Å². The van der Waals surface area contributed by atoms with Gasteiger partial charge in [-0.25, -0.2) is 8.42 Å². The normalized spacial score (nSPS) is 10.7. The topological polar surface area (TPSA) is 57.2 Å². The van der Waals surface area contributed by atoms with Crippen LogP contribution in [0.15, 0.2) is 23.1 Å². The minimum atomic E-state index is -4.31. The molecule has 0 aliphatic rings. The largest absolute Gasteiger partial charge is 1.00 e. The van der Waals surface area contributed by atoms with Crippen LogP contribution >= 0.6 is 0 Å². The van der Waals surface area contributed by atoms with Gasteiger partial charge in [-0.1, -0.05) is 12.1 Å². The summed E-state index contributed by atoms with van der Waals surface area (Å²) in [5.41, 5.74) is 1.27. The predicted molar refractivity (Wildman–Crippen MR) is 43.9 cm³/mol. The smallest absolute Gasteiger partial charge is 0.744 e. The second-order valence-electron chi connectivity index (χ2n) is 2.72. The Morgan fingerprint density at radius 3 is 2.15 bits per heavy atom. The summed E-state index contributed by atoms with van der Waals surface area (Å²) in [6.45, 7) is 3.35. The molecule has 0 saturated heterocycles. The van der Waals surface area contributed by atoms with E-state index in [2.05, 4.69) is 0 Å². The van der Waals surface area contributed by atoms with E-state index in [0.29, 0.717) is 5.56 Å². The first-order valence-electron chi connectivity index (χ1n) is 3.44. The van der Waals surface area contributed by atoms with Crippen molar-refractivity contribution in [3.8, 4) is 0 Å². The second-order valence-corrected chi connectivity index (χ2v) is 4.07. The Morgan fingerprint density at radius 2 is 1.77 bits per heavy atom. The monoisotopic (exact) mass is 208 g/mol. The number of aryl methyl sites for hydroxylation is 2. The van der Waals surface area contributed by atoms with Crippen LogP contribution in [0.25, 0.3) is 0 Å². The fourth-order valence-electron chi connectivity index (χ4n) is 0.977. The molecule has 0 heterocycles. The molecule has 0 aliphatic carbocycles. The van der Waals surface area contributed by atoms with Crippen LogP contribution in [0.3, 0.4) is 0 Å². The molecular weight excluding hydrogens is 199 g/mol. The van der Waals surface area contributed by atoms with Crippen molar-refractivity contribution in [2.24, 2.45) is 0 Å². The maximum absolute atomic E-state index is 10.7. The molecule has 1 aromatic carbocycles. The minimum absolute atomic E-state index is 0. The van der Waals surface area contributed by atoms with E-state index in [1.807, 2.05) is 0 Å². The SMILES string of the molecule is Cc1ccc(C)c(S(=O)(=O)[O-])c1.[Na+]. The number of hydrogen-bond donors (Lipinski definition) is 0. The number of hydrogen-bond acceptors (Lipinski definition) is 3. The van der Waals surface area contributed by atoms with Crippen LogP contribution in [0, 0.1) is 13.8 Å². The Morgan fingerprint density at radius 1 is 1.23 bits per heavy atom. The molecule has 0 amide bonds. The fourth-order valence-corrected chi connectivity index (χ4v) is 1.77. The van der Waals surface area contributed by atoms with Gasteiger partial charge in [-0.2, -0.15) is 0 Å². The van der Waals surface area contributed by atoms with Crippen LogP contribution < -0.4 is 29.6 Å². The zero-order chi connectivity index (χ0) is 9.35.